The molecule has 1 aromatic rings. The molecule has 0 saturated carbocycles. The average Bonchev–Trinajstić information content (AvgIpc) is 2.01. The van der Waals surface area contributed by atoms with Crippen molar-refractivity contribution < 1.29 is 0 Å². The van der Waals surface area contributed by atoms with Gasteiger partial charge in [-0.15, -0.1) is 11.6 Å². The first kappa shape index (κ1) is 11.2. The van der Waals surface area contributed by atoms with E-state index in [0.29, 0.717) is 5.95 Å². The monoisotopic (exact) mass is 213 g/mol. The van der Waals surface area contributed by atoms with Crippen molar-refractivity contribution in [1.82, 2.24) is 9.97 Å². The van der Waals surface area contributed by atoms with Crippen LogP contribution < -0.4 is 5.32 Å². The SMILES string of the molecule is Cc1cc(C)nc(NCCC(C)Cl)n1. The Morgan fingerprint density at radius 1 is 1.36 bits per heavy atom. The molecule has 0 radical (unpaired) electrons. The summed E-state index contributed by atoms with van der Waals surface area (Å²) in [6, 6.07) is 1.95. The molecule has 0 aliphatic rings. The molecule has 1 N–H and O–H groups in total. The van der Waals surface area contributed by atoms with Gasteiger partial charge in [-0.05, 0) is 33.3 Å². The molecule has 0 spiro atoms. The van der Waals surface area contributed by atoms with Crippen molar-refractivity contribution in [3.05, 3.63) is 17.5 Å². The summed E-state index contributed by atoms with van der Waals surface area (Å²) in [4.78, 5) is 8.53. The maximum Gasteiger partial charge on any atom is 0.223 e. The zero-order valence-corrected chi connectivity index (χ0v) is 9.60. The van der Waals surface area contributed by atoms with E-state index in [2.05, 4.69) is 15.3 Å². The van der Waals surface area contributed by atoms with Crippen LogP contribution in [0.4, 0.5) is 5.95 Å². The number of anilines is 1. The number of alkyl halides is 1. The Bertz CT molecular complexity index is 279. The van der Waals surface area contributed by atoms with Crippen LogP contribution in [0.25, 0.3) is 0 Å². The minimum absolute atomic E-state index is 0.188. The van der Waals surface area contributed by atoms with Crippen molar-refractivity contribution in [3.8, 4) is 0 Å². The van der Waals surface area contributed by atoms with Crippen molar-refractivity contribution >= 4 is 17.5 Å². The number of nitrogens with one attached hydrogen (secondary N) is 1. The van der Waals surface area contributed by atoms with Crippen LogP contribution in [-0.2, 0) is 0 Å². The van der Waals surface area contributed by atoms with Crippen LogP contribution >= 0.6 is 11.6 Å². The van der Waals surface area contributed by atoms with Gasteiger partial charge in [0.2, 0.25) is 5.95 Å². The number of aryl methyl sites for hydroxylation is 2. The average molecular weight is 214 g/mol. The smallest absolute Gasteiger partial charge is 0.223 e. The van der Waals surface area contributed by atoms with E-state index in [-0.39, 0.29) is 5.38 Å². The van der Waals surface area contributed by atoms with Crippen molar-refractivity contribution in [2.45, 2.75) is 32.6 Å². The number of rotatable bonds is 4. The fraction of sp³-hybridized carbons (Fsp3) is 0.600. The summed E-state index contributed by atoms with van der Waals surface area (Å²) < 4.78 is 0. The quantitative estimate of drug-likeness (QED) is 0.782. The molecule has 0 aliphatic heterocycles. The second-order valence-electron chi connectivity index (χ2n) is 3.47. The number of aromatic nitrogens is 2. The first-order valence-electron chi connectivity index (χ1n) is 4.78. The summed E-state index contributed by atoms with van der Waals surface area (Å²) in [5, 5.41) is 3.34. The highest BCUT2D eigenvalue weighted by Crippen LogP contribution is 2.05. The molecular formula is C10H16ClN3. The molecule has 0 fully saturated rings. The Labute approximate surface area is 89.9 Å². The van der Waals surface area contributed by atoms with Crippen molar-refractivity contribution in [2.24, 2.45) is 0 Å². The predicted octanol–water partition coefficient (Wildman–Crippen LogP) is 2.52. The summed E-state index contributed by atoms with van der Waals surface area (Å²) >= 11 is 5.83. The van der Waals surface area contributed by atoms with Crippen LogP contribution in [0.3, 0.4) is 0 Å². The van der Waals surface area contributed by atoms with Gasteiger partial charge in [-0.3, -0.25) is 0 Å². The Morgan fingerprint density at radius 3 is 2.43 bits per heavy atom. The minimum atomic E-state index is 0.188. The lowest BCUT2D eigenvalue weighted by molar-refractivity contribution is 0.831. The third-order valence-electron chi connectivity index (χ3n) is 1.81. The molecule has 0 aromatic carbocycles. The van der Waals surface area contributed by atoms with Gasteiger partial charge in [-0.1, -0.05) is 0 Å². The Balaban J connectivity index is 2.50. The van der Waals surface area contributed by atoms with Crippen LogP contribution in [0.15, 0.2) is 6.07 Å². The summed E-state index contributed by atoms with van der Waals surface area (Å²) in [5.41, 5.74) is 1.97. The minimum Gasteiger partial charge on any atom is -0.354 e. The molecule has 14 heavy (non-hydrogen) atoms. The molecule has 78 valence electrons. The maximum absolute atomic E-state index is 5.83. The van der Waals surface area contributed by atoms with Crippen LogP contribution in [0.1, 0.15) is 24.7 Å². The normalized spacial score (nSPS) is 12.6. The summed E-state index contributed by atoms with van der Waals surface area (Å²) in [7, 11) is 0. The third kappa shape index (κ3) is 3.92. The Morgan fingerprint density at radius 2 is 1.93 bits per heavy atom. The van der Waals surface area contributed by atoms with E-state index in [1.54, 1.807) is 0 Å². The van der Waals surface area contributed by atoms with Gasteiger partial charge >= 0.3 is 0 Å². The van der Waals surface area contributed by atoms with Crippen LogP contribution in [-0.4, -0.2) is 21.9 Å². The van der Waals surface area contributed by atoms with Gasteiger partial charge in [0, 0.05) is 23.3 Å². The van der Waals surface area contributed by atoms with E-state index in [1.165, 1.54) is 0 Å². The highest BCUT2D eigenvalue weighted by Gasteiger charge is 1.99. The van der Waals surface area contributed by atoms with Crippen molar-refractivity contribution in [1.29, 1.82) is 0 Å². The van der Waals surface area contributed by atoms with Gasteiger partial charge in [-0.25, -0.2) is 9.97 Å². The van der Waals surface area contributed by atoms with Gasteiger partial charge in [0.1, 0.15) is 0 Å². The number of hydrogen-bond acceptors (Lipinski definition) is 3. The second kappa shape index (κ2) is 5.15. The lowest BCUT2D eigenvalue weighted by atomic mass is 10.3. The molecule has 1 heterocycles. The maximum atomic E-state index is 5.83. The topological polar surface area (TPSA) is 37.8 Å². The lowest BCUT2D eigenvalue weighted by Crippen LogP contribution is -2.09. The van der Waals surface area contributed by atoms with E-state index in [1.807, 2.05) is 26.8 Å². The van der Waals surface area contributed by atoms with Gasteiger partial charge < -0.3 is 5.32 Å². The molecule has 1 unspecified atom stereocenters. The van der Waals surface area contributed by atoms with E-state index in [4.69, 9.17) is 11.6 Å². The van der Waals surface area contributed by atoms with Gasteiger partial charge in [0.15, 0.2) is 0 Å². The Kier molecular flexibility index (Phi) is 4.14. The van der Waals surface area contributed by atoms with E-state index in [9.17, 15) is 0 Å². The van der Waals surface area contributed by atoms with Gasteiger partial charge in [-0.2, -0.15) is 0 Å². The molecule has 1 rings (SSSR count). The first-order chi connectivity index (χ1) is 6.58. The highest BCUT2D eigenvalue weighted by atomic mass is 35.5. The van der Waals surface area contributed by atoms with Crippen LogP contribution in [0.2, 0.25) is 0 Å². The zero-order valence-electron chi connectivity index (χ0n) is 8.84. The summed E-state index contributed by atoms with van der Waals surface area (Å²) in [5.74, 6) is 0.694. The number of hydrogen-bond donors (Lipinski definition) is 1. The van der Waals surface area contributed by atoms with Crippen LogP contribution in [0, 0.1) is 13.8 Å². The van der Waals surface area contributed by atoms with Gasteiger partial charge in [0.25, 0.3) is 0 Å². The molecule has 4 heteroatoms. The molecule has 0 aliphatic carbocycles. The number of halogens is 1. The fourth-order valence-electron chi connectivity index (χ4n) is 1.19. The molecule has 1 atom stereocenters. The first-order valence-corrected chi connectivity index (χ1v) is 5.22. The molecule has 1 aromatic heterocycles. The summed E-state index contributed by atoms with van der Waals surface area (Å²) in [6.45, 7) is 6.72. The number of nitrogens with zero attached hydrogens (tertiary/aromatic N) is 2. The standard InChI is InChI=1S/C10H16ClN3/c1-7(11)4-5-12-10-13-8(2)6-9(3)14-10/h6-7H,4-5H2,1-3H3,(H,12,13,14). The fourth-order valence-corrected chi connectivity index (χ4v) is 1.30. The zero-order chi connectivity index (χ0) is 10.6. The lowest BCUT2D eigenvalue weighted by Gasteiger charge is -2.06. The molecule has 3 nitrogen and oxygen atoms in total. The Hall–Kier alpha value is -0.830. The largest absolute Gasteiger partial charge is 0.354 e. The van der Waals surface area contributed by atoms with E-state index < -0.39 is 0 Å². The van der Waals surface area contributed by atoms with Crippen molar-refractivity contribution in [2.75, 3.05) is 11.9 Å². The van der Waals surface area contributed by atoms with E-state index in [0.717, 1.165) is 24.4 Å². The molecule has 0 saturated heterocycles. The van der Waals surface area contributed by atoms with E-state index >= 15 is 0 Å². The van der Waals surface area contributed by atoms with Gasteiger partial charge in [0.05, 0.1) is 0 Å². The third-order valence-corrected chi connectivity index (χ3v) is 2.03. The molecule has 0 amide bonds. The highest BCUT2D eigenvalue weighted by molar-refractivity contribution is 6.20. The molecular weight excluding hydrogens is 198 g/mol. The second-order valence-corrected chi connectivity index (χ2v) is 4.22. The van der Waals surface area contributed by atoms with Crippen molar-refractivity contribution in [3.63, 3.8) is 0 Å². The van der Waals surface area contributed by atoms with Crippen LogP contribution in [0.5, 0.6) is 0 Å². The predicted molar refractivity (Wildman–Crippen MR) is 59.9 cm³/mol. The summed E-state index contributed by atoms with van der Waals surface area (Å²) in [6.07, 6.45) is 0.915. The molecule has 0 bridgehead atoms.